The van der Waals surface area contributed by atoms with Crippen LogP contribution in [0.4, 0.5) is 11.4 Å². The molecule has 170 valence electrons. The second-order valence-corrected chi connectivity index (χ2v) is 10.4. The highest BCUT2D eigenvalue weighted by Gasteiger charge is 2.38. The van der Waals surface area contributed by atoms with Crippen LogP contribution < -0.4 is 14.8 Å². The minimum atomic E-state index is -3.79. The first kappa shape index (κ1) is 21.9. The molecule has 0 saturated heterocycles. The van der Waals surface area contributed by atoms with Gasteiger partial charge in [0.05, 0.1) is 23.2 Å². The molecule has 0 fully saturated rings. The van der Waals surface area contributed by atoms with E-state index >= 15 is 0 Å². The van der Waals surface area contributed by atoms with Gasteiger partial charge in [-0.15, -0.1) is 0 Å². The summed E-state index contributed by atoms with van der Waals surface area (Å²) in [5, 5.41) is 4.34. The molecule has 0 saturated carbocycles. The summed E-state index contributed by atoms with van der Waals surface area (Å²) in [6.07, 6.45) is 5.29. The molecule has 3 aromatic rings. The quantitative estimate of drug-likeness (QED) is 0.402. The number of para-hydroxylation sites is 2. The highest BCUT2D eigenvalue weighted by molar-refractivity contribution is 7.92. The Kier molecular flexibility index (Phi) is 5.81. The molecule has 0 radical (unpaired) electrons. The fourth-order valence-electron chi connectivity index (χ4n) is 4.81. The zero-order chi connectivity index (χ0) is 23.0. The monoisotopic (exact) mass is 480 g/mol. The first-order chi connectivity index (χ1) is 16.0. The van der Waals surface area contributed by atoms with Gasteiger partial charge in [0.1, 0.15) is 5.75 Å². The number of allylic oxidation sites excluding steroid dienone is 2. The van der Waals surface area contributed by atoms with Crippen LogP contribution in [0.1, 0.15) is 36.4 Å². The van der Waals surface area contributed by atoms with Crippen molar-refractivity contribution in [3.8, 4) is 5.75 Å². The van der Waals surface area contributed by atoms with Crippen molar-refractivity contribution in [3.05, 3.63) is 95.0 Å². The largest absolute Gasteiger partial charge is 0.492 e. The molecule has 5 nitrogen and oxygen atoms in total. The van der Waals surface area contributed by atoms with Crippen LogP contribution in [0, 0.1) is 5.92 Å². The Morgan fingerprint density at radius 3 is 2.76 bits per heavy atom. The molecule has 2 N–H and O–H groups in total. The third-order valence-electron chi connectivity index (χ3n) is 6.28. The van der Waals surface area contributed by atoms with E-state index in [1.165, 1.54) is 0 Å². The van der Waals surface area contributed by atoms with E-state index in [0.717, 1.165) is 23.2 Å². The Balaban J connectivity index is 1.48. The van der Waals surface area contributed by atoms with Crippen LogP contribution in [0.2, 0.25) is 5.02 Å². The molecule has 3 aromatic carbocycles. The van der Waals surface area contributed by atoms with Gasteiger partial charge in [0.2, 0.25) is 0 Å². The molecule has 0 amide bonds. The van der Waals surface area contributed by atoms with Crippen molar-refractivity contribution in [2.24, 2.45) is 5.92 Å². The summed E-state index contributed by atoms with van der Waals surface area (Å²) >= 11 is 6.25. The molecular formula is C26H25ClN2O3S. The molecule has 0 spiro atoms. The maximum atomic E-state index is 13.2. The molecule has 3 atom stereocenters. The number of rotatable bonds is 6. The number of halogens is 1. The van der Waals surface area contributed by atoms with Crippen molar-refractivity contribution >= 4 is 33.0 Å². The summed E-state index contributed by atoms with van der Waals surface area (Å²) in [7, 11) is -3.79. The second kappa shape index (κ2) is 8.76. The predicted molar refractivity (Wildman–Crippen MR) is 133 cm³/mol. The lowest BCUT2D eigenvalue weighted by molar-refractivity contribution is 0.342. The van der Waals surface area contributed by atoms with Crippen LogP contribution in [0.15, 0.2) is 83.8 Å². The van der Waals surface area contributed by atoms with Gasteiger partial charge >= 0.3 is 0 Å². The molecule has 0 bridgehead atoms. The van der Waals surface area contributed by atoms with E-state index in [4.69, 9.17) is 16.3 Å². The van der Waals surface area contributed by atoms with Crippen molar-refractivity contribution < 1.29 is 13.2 Å². The molecule has 1 heterocycles. The standard InChI is InChI=1S/C26H25ClN2O3S/c1-2-32-25-12-4-3-11-24(25)29-33(30,31)19-13-14-23-22(16-19)20-9-6-10-21(20)26(28-23)17-7-5-8-18(27)15-17/h3-9,11-16,20-21,26,28-29H,2,10H2,1H3/t20-,21+,26+/m0/s1. The Hall–Kier alpha value is -2.96. The van der Waals surface area contributed by atoms with Crippen molar-refractivity contribution in [1.82, 2.24) is 0 Å². The zero-order valence-electron chi connectivity index (χ0n) is 18.2. The van der Waals surface area contributed by atoms with Gasteiger partial charge in [-0.3, -0.25) is 4.72 Å². The summed E-state index contributed by atoms with van der Waals surface area (Å²) in [5.74, 6) is 0.933. The van der Waals surface area contributed by atoms with E-state index in [-0.39, 0.29) is 16.9 Å². The summed E-state index contributed by atoms with van der Waals surface area (Å²) in [4.78, 5) is 0.231. The summed E-state index contributed by atoms with van der Waals surface area (Å²) < 4.78 is 34.7. The third-order valence-corrected chi connectivity index (χ3v) is 7.88. The lowest BCUT2D eigenvalue weighted by Crippen LogP contribution is -2.29. The van der Waals surface area contributed by atoms with E-state index in [0.29, 0.717) is 29.0 Å². The molecule has 33 heavy (non-hydrogen) atoms. The normalized spacial score (nSPS) is 21.1. The molecule has 1 aliphatic heterocycles. The van der Waals surface area contributed by atoms with Gasteiger partial charge in [0.15, 0.2) is 0 Å². The first-order valence-corrected chi connectivity index (χ1v) is 12.9. The highest BCUT2D eigenvalue weighted by atomic mass is 35.5. The summed E-state index contributed by atoms with van der Waals surface area (Å²) in [5.41, 5.74) is 3.50. The number of anilines is 2. The molecule has 0 aromatic heterocycles. The molecular weight excluding hydrogens is 456 g/mol. The van der Waals surface area contributed by atoms with Gasteiger partial charge in [-0.25, -0.2) is 8.42 Å². The number of sulfonamides is 1. The van der Waals surface area contributed by atoms with E-state index in [1.807, 2.05) is 37.3 Å². The first-order valence-electron chi connectivity index (χ1n) is 11.0. The average molecular weight is 481 g/mol. The molecule has 7 heteroatoms. The van der Waals surface area contributed by atoms with Gasteiger partial charge in [-0.2, -0.15) is 0 Å². The smallest absolute Gasteiger partial charge is 0.262 e. The van der Waals surface area contributed by atoms with Crippen LogP contribution in [0.3, 0.4) is 0 Å². The Bertz CT molecular complexity index is 1320. The Morgan fingerprint density at radius 1 is 1.09 bits per heavy atom. The third kappa shape index (κ3) is 4.21. The zero-order valence-corrected chi connectivity index (χ0v) is 19.7. The van der Waals surface area contributed by atoms with Crippen molar-refractivity contribution in [2.45, 2.75) is 30.2 Å². The number of hydrogen-bond donors (Lipinski definition) is 2. The van der Waals surface area contributed by atoms with Crippen LogP contribution in [-0.4, -0.2) is 15.0 Å². The summed E-state index contributed by atoms with van der Waals surface area (Å²) in [6.45, 7) is 2.32. The van der Waals surface area contributed by atoms with Crippen LogP contribution in [-0.2, 0) is 10.0 Å². The van der Waals surface area contributed by atoms with Crippen LogP contribution >= 0.6 is 11.6 Å². The number of fused-ring (bicyclic) bond motifs is 3. The van der Waals surface area contributed by atoms with Crippen molar-refractivity contribution in [3.63, 3.8) is 0 Å². The van der Waals surface area contributed by atoms with Gasteiger partial charge < -0.3 is 10.1 Å². The Labute approximate surface area is 199 Å². The number of hydrogen-bond acceptors (Lipinski definition) is 4. The number of benzene rings is 3. The van der Waals surface area contributed by atoms with E-state index in [1.54, 1.807) is 30.3 Å². The average Bonchev–Trinajstić information content (AvgIpc) is 3.30. The van der Waals surface area contributed by atoms with Gasteiger partial charge in [-0.05, 0) is 72.9 Å². The molecule has 5 rings (SSSR count). The van der Waals surface area contributed by atoms with Crippen molar-refractivity contribution in [2.75, 3.05) is 16.6 Å². The van der Waals surface area contributed by atoms with E-state index in [2.05, 4.69) is 28.3 Å². The minimum Gasteiger partial charge on any atom is -0.492 e. The van der Waals surface area contributed by atoms with E-state index in [9.17, 15) is 8.42 Å². The predicted octanol–water partition coefficient (Wildman–Crippen LogP) is 6.37. The molecule has 1 aliphatic carbocycles. The van der Waals surface area contributed by atoms with Gasteiger partial charge in [-0.1, -0.05) is 48.0 Å². The SMILES string of the molecule is CCOc1ccccc1NS(=O)(=O)c1ccc2c(c1)[C@H]1C=CC[C@H]1[C@@H](c1cccc(Cl)c1)N2. The minimum absolute atomic E-state index is 0.106. The number of nitrogens with one attached hydrogen (secondary N) is 2. The molecule has 0 unspecified atom stereocenters. The van der Waals surface area contributed by atoms with Crippen molar-refractivity contribution in [1.29, 1.82) is 0 Å². The Morgan fingerprint density at radius 2 is 1.94 bits per heavy atom. The van der Waals surface area contributed by atoms with Gasteiger partial charge in [0, 0.05) is 16.6 Å². The van der Waals surface area contributed by atoms with Gasteiger partial charge in [0.25, 0.3) is 10.0 Å². The van der Waals surface area contributed by atoms with Crippen LogP contribution in [0.25, 0.3) is 0 Å². The topological polar surface area (TPSA) is 67.4 Å². The fourth-order valence-corrected chi connectivity index (χ4v) is 6.11. The fraction of sp³-hybridized carbons (Fsp3) is 0.231. The maximum absolute atomic E-state index is 13.2. The lowest BCUT2D eigenvalue weighted by Gasteiger charge is -2.37. The molecule has 2 aliphatic rings. The second-order valence-electron chi connectivity index (χ2n) is 8.31. The highest BCUT2D eigenvalue weighted by Crippen LogP contribution is 2.50. The maximum Gasteiger partial charge on any atom is 0.262 e. The van der Waals surface area contributed by atoms with Crippen LogP contribution in [0.5, 0.6) is 5.75 Å². The van der Waals surface area contributed by atoms with E-state index < -0.39 is 10.0 Å². The lowest BCUT2D eigenvalue weighted by atomic mass is 9.77. The number of ether oxygens (including phenoxy) is 1. The summed E-state index contributed by atoms with van der Waals surface area (Å²) in [6, 6.07) is 20.4.